The summed E-state index contributed by atoms with van der Waals surface area (Å²) in [5.41, 5.74) is 3.93. The maximum atomic E-state index is 13.1. The van der Waals surface area contributed by atoms with Gasteiger partial charge in [-0.25, -0.2) is 4.98 Å². The van der Waals surface area contributed by atoms with Gasteiger partial charge in [0.2, 0.25) is 11.8 Å². The summed E-state index contributed by atoms with van der Waals surface area (Å²) in [6.07, 6.45) is 13.0. The van der Waals surface area contributed by atoms with Gasteiger partial charge in [-0.1, -0.05) is 66.5 Å². The standard InChI is InChI=1S/C41H61N5O2/c1-7-11-34-28-40(3,4)19-9-21-45(34)23-17-38(47)42-32-15-13-30-25-31-14-16-33(27-37(31)44-36(30)26-32)43-39(48)18-24-46-22-10-20-41(5,6)29-35(46)12-8-2/h13-16,25-27,34-35H,7-12,17-24,28-29H2,1-6H3,(H,42,47)(H,43,48). The Kier molecular flexibility index (Phi) is 12.2. The minimum atomic E-state index is 0.0452. The summed E-state index contributed by atoms with van der Waals surface area (Å²) in [6.45, 7) is 17.8. The van der Waals surface area contributed by atoms with Gasteiger partial charge in [0.15, 0.2) is 0 Å². The van der Waals surface area contributed by atoms with Crippen LogP contribution in [0.25, 0.3) is 21.8 Å². The zero-order valence-corrected chi connectivity index (χ0v) is 30.7. The van der Waals surface area contributed by atoms with E-state index in [1.807, 2.05) is 36.4 Å². The van der Waals surface area contributed by atoms with Gasteiger partial charge in [-0.3, -0.25) is 19.4 Å². The van der Waals surface area contributed by atoms with Gasteiger partial charge in [0.1, 0.15) is 0 Å². The van der Waals surface area contributed by atoms with Crippen LogP contribution in [-0.4, -0.2) is 64.9 Å². The molecule has 2 aliphatic rings. The third-order valence-corrected chi connectivity index (χ3v) is 10.9. The predicted octanol–water partition coefficient (Wildman–Crippen LogP) is 9.41. The number of rotatable bonds is 12. The number of pyridine rings is 1. The number of carbonyl (C=O) groups is 2. The molecule has 0 bridgehead atoms. The van der Waals surface area contributed by atoms with E-state index in [4.69, 9.17) is 4.98 Å². The molecule has 0 spiro atoms. The summed E-state index contributed by atoms with van der Waals surface area (Å²) in [4.78, 5) is 36.2. The van der Waals surface area contributed by atoms with Gasteiger partial charge in [0, 0.05) is 60.2 Å². The monoisotopic (exact) mass is 655 g/mol. The molecular weight excluding hydrogens is 594 g/mol. The molecule has 5 rings (SSSR count). The lowest BCUT2D eigenvalue weighted by Gasteiger charge is -2.33. The number of likely N-dealkylation sites (tertiary alicyclic amines) is 2. The molecule has 2 aliphatic heterocycles. The topological polar surface area (TPSA) is 77.6 Å². The average Bonchev–Trinajstić information content (AvgIpc) is 3.26. The molecule has 3 aromatic rings. The summed E-state index contributed by atoms with van der Waals surface area (Å²) in [6, 6.07) is 15.1. The Bertz CT molecular complexity index is 1440. The highest BCUT2D eigenvalue weighted by atomic mass is 16.2. The van der Waals surface area contributed by atoms with Crippen LogP contribution in [0.3, 0.4) is 0 Å². The lowest BCUT2D eigenvalue weighted by Crippen LogP contribution is -2.38. The second-order valence-electron chi connectivity index (χ2n) is 16.3. The molecule has 2 N–H and O–H groups in total. The number of nitrogens with one attached hydrogen (secondary N) is 2. The fraction of sp³-hybridized carbons (Fsp3) is 0.634. The molecule has 0 radical (unpaired) electrons. The lowest BCUT2D eigenvalue weighted by molar-refractivity contribution is -0.117. The average molecular weight is 656 g/mol. The van der Waals surface area contributed by atoms with E-state index < -0.39 is 0 Å². The number of fused-ring (bicyclic) bond motifs is 2. The fourth-order valence-electron chi connectivity index (χ4n) is 8.36. The Morgan fingerprint density at radius 1 is 0.708 bits per heavy atom. The maximum absolute atomic E-state index is 13.1. The van der Waals surface area contributed by atoms with Crippen LogP contribution in [0.4, 0.5) is 11.4 Å². The van der Waals surface area contributed by atoms with Crippen LogP contribution in [0, 0.1) is 10.8 Å². The predicted molar refractivity (Wildman–Crippen MR) is 202 cm³/mol. The van der Waals surface area contributed by atoms with E-state index in [2.05, 4.69) is 68.0 Å². The van der Waals surface area contributed by atoms with Crippen molar-refractivity contribution in [3.8, 4) is 0 Å². The Labute approximate surface area is 289 Å². The molecule has 7 nitrogen and oxygen atoms in total. The van der Waals surface area contributed by atoms with Gasteiger partial charge in [0.05, 0.1) is 11.0 Å². The van der Waals surface area contributed by atoms with Gasteiger partial charge in [-0.2, -0.15) is 0 Å². The molecule has 2 saturated heterocycles. The van der Waals surface area contributed by atoms with Crippen LogP contribution < -0.4 is 10.6 Å². The van der Waals surface area contributed by atoms with Crippen molar-refractivity contribution in [3.63, 3.8) is 0 Å². The van der Waals surface area contributed by atoms with Crippen LogP contribution in [0.2, 0.25) is 0 Å². The van der Waals surface area contributed by atoms with Gasteiger partial charge in [0.25, 0.3) is 0 Å². The molecule has 7 heteroatoms. The molecule has 2 unspecified atom stereocenters. The summed E-state index contributed by atoms with van der Waals surface area (Å²) in [5.74, 6) is 0.0904. The highest BCUT2D eigenvalue weighted by Crippen LogP contribution is 2.36. The quantitative estimate of drug-likeness (QED) is 0.190. The number of carbonyl (C=O) groups excluding carboxylic acids is 2. The molecule has 0 saturated carbocycles. The molecule has 1 aromatic heterocycles. The Hall–Kier alpha value is -3.03. The van der Waals surface area contributed by atoms with Crippen molar-refractivity contribution >= 4 is 45.0 Å². The number of nitrogens with zero attached hydrogens (tertiary/aromatic N) is 3. The molecule has 0 aliphatic carbocycles. The first-order chi connectivity index (χ1) is 22.9. The highest BCUT2D eigenvalue weighted by molar-refractivity contribution is 5.99. The molecular formula is C41H61N5O2. The Balaban J connectivity index is 1.19. The first-order valence-electron chi connectivity index (χ1n) is 18.9. The van der Waals surface area contributed by atoms with E-state index in [0.717, 1.165) is 59.4 Å². The van der Waals surface area contributed by atoms with Gasteiger partial charge < -0.3 is 10.6 Å². The molecule has 3 heterocycles. The van der Waals surface area contributed by atoms with E-state index in [0.29, 0.717) is 35.8 Å². The number of hydrogen-bond donors (Lipinski definition) is 2. The van der Waals surface area contributed by atoms with Crippen LogP contribution >= 0.6 is 0 Å². The van der Waals surface area contributed by atoms with Gasteiger partial charge >= 0.3 is 0 Å². The van der Waals surface area contributed by atoms with Crippen molar-refractivity contribution in [2.24, 2.45) is 10.8 Å². The normalized spacial score (nSPS) is 21.9. The molecule has 48 heavy (non-hydrogen) atoms. The van der Waals surface area contributed by atoms with E-state index >= 15 is 0 Å². The summed E-state index contributed by atoms with van der Waals surface area (Å²) in [7, 11) is 0. The van der Waals surface area contributed by atoms with Crippen molar-refractivity contribution in [1.82, 2.24) is 14.8 Å². The number of aromatic nitrogens is 1. The van der Waals surface area contributed by atoms with Crippen molar-refractivity contribution in [1.29, 1.82) is 0 Å². The van der Waals surface area contributed by atoms with Crippen LogP contribution in [0.15, 0.2) is 42.5 Å². The molecule has 262 valence electrons. The highest BCUT2D eigenvalue weighted by Gasteiger charge is 2.31. The first-order valence-corrected chi connectivity index (χ1v) is 18.9. The van der Waals surface area contributed by atoms with E-state index in [1.165, 1.54) is 64.2 Å². The van der Waals surface area contributed by atoms with Crippen molar-refractivity contribution < 1.29 is 9.59 Å². The van der Waals surface area contributed by atoms with E-state index in [9.17, 15) is 9.59 Å². The van der Waals surface area contributed by atoms with Crippen LogP contribution in [0.5, 0.6) is 0 Å². The molecule has 2 fully saturated rings. The number of anilines is 2. The van der Waals surface area contributed by atoms with E-state index in [-0.39, 0.29) is 11.8 Å². The lowest BCUT2D eigenvalue weighted by atomic mass is 9.82. The first kappa shape index (κ1) is 36.3. The summed E-state index contributed by atoms with van der Waals surface area (Å²) < 4.78 is 0. The zero-order chi connectivity index (χ0) is 34.3. The maximum Gasteiger partial charge on any atom is 0.225 e. The minimum absolute atomic E-state index is 0.0452. The van der Waals surface area contributed by atoms with E-state index in [1.54, 1.807) is 0 Å². The van der Waals surface area contributed by atoms with Crippen LogP contribution in [-0.2, 0) is 9.59 Å². The fourth-order valence-corrected chi connectivity index (χ4v) is 8.36. The molecule has 2 amide bonds. The van der Waals surface area contributed by atoms with Crippen molar-refractivity contribution in [2.45, 2.75) is 131 Å². The number of hydrogen-bond acceptors (Lipinski definition) is 5. The Morgan fingerprint density at radius 3 is 1.56 bits per heavy atom. The number of amides is 2. The Morgan fingerprint density at radius 2 is 1.15 bits per heavy atom. The van der Waals surface area contributed by atoms with Crippen LogP contribution in [0.1, 0.15) is 119 Å². The third kappa shape index (κ3) is 10.0. The molecule has 2 atom stereocenters. The smallest absolute Gasteiger partial charge is 0.225 e. The number of benzene rings is 2. The zero-order valence-electron chi connectivity index (χ0n) is 30.7. The SMILES string of the molecule is CCCC1CC(C)(C)CCCN1CCC(=O)Nc1ccc2cc3ccc(NC(=O)CCN4CCCC(C)(C)CC4CCC)cc3nc2c1. The minimum Gasteiger partial charge on any atom is -0.326 e. The summed E-state index contributed by atoms with van der Waals surface area (Å²) >= 11 is 0. The van der Waals surface area contributed by atoms with Gasteiger partial charge in [-0.15, -0.1) is 0 Å². The second-order valence-corrected chi connectivity index (χ2v) is 16.3. The van der Waals surface area contributed by atoms with Crippen molar-refractivity contribution in [3.05, 3.63) is 42.5 Å². The second kappa shape index (κ2) is 16.1. The van der Waals surface area contributed by atoms with Crippen molar-refractivity contribution in [2.75, 3.05) is 36.8 Å². The molecule has 2 aromatic carbocycles. The van der Waals surface area contributed by atoms with Gasteiger partial charge in [-0.05, 0) is 106 Å². The summed E-state index contributed by atoms with van der Waals surface area (Å²) in [5, 5.41) is 8.31. The third-order valence-electron chi connectivity index (χ3n) is 10.9. The largest absolute Gasteiger partial charge is 0.326 e.